The Morgan fingerprint density at radius 3 is 2.68 bits per heavy atom. The number of esters is 1. The first-order chi connectivity index (χ1) is 13.6. The maximum Gasteiger partial charge on any atom is 0.337 e. The molecule has 1 heterocycles. The van der Waals surface area contributed by atoms with Gasteiger partial charge in [-0.1, -0.05) is 41.3 Å². The molecule has 28 heavy (non-hydrogen) atoms. The topological polar surface area (TPSA) is 105 Å². The number of hydrogen-bond donors (Lipinski definition) is 1. The largest absolute Gasteiger partial charge is 0.465 e. The second-order valence-corrected chi connectivity index (χ2v) is 7.70. The highest BCUT2D eigenvalue weighted by Gasteiger charge is 2.11. The van der Waals surface area contributed by atoms with Crippen molar-refractivity contribution in [3.8, 4) is 6.07 Å². The number of ether oxygens (including phenoxy) is 1. The second-order valence-electron chi connectivity index (χ2n) is 5.50. The van der Waals surface area contributed by atoms with Crippen molar-refractivity contribution in [3.63, 3.8) is 0 Å². The number of nitrogens with one attached hydrogen (secondary N) is 1. The van der Waals surface area contributed by atoms with Crippen LogP contribution in [0.2, 0.25) is 0 Å². The molecular weight excluding hydrogens is 396 g/mol. The first-order valence-electron chi connectivity index (χ1n) is 8.04. The van der Waals surface area contributed by atoms with Crippen LogP contribution in [0.25, 0.3) is 0 Å². The van der Waals surface area contributed by atoms with Crippen LogP contribution in [-0.2, 0) is 10.5 Å². The number of carbonyl (C=O) groups is 2. The van der Waals surface area contributed by atoms with Gasteiger partial charge in [-0.05, 0) is 35.9 Å². The normalized spacial score (nSPS) is 10.1. The van der Waals surface area contributed by atoms with Gasteiger partial charge >= 0.3 is 5.97 Å². The number of hydrogen-bond acceptors (Lipinski definition) is 8. The van der Waals surface area contributed by atoms with E-state index in [0.717, 1.165) is 5.56 Å². The minimum absolute atomic E-state index is 0.344. The molecule has 7 nitrogen and oxygen atoms in total. The van der Waals surface area contributed by atoms with Gasteiger partial charge in [0.2, 0.25) is 5.13 Å². The Kier molecular flexibility index (Phi) is 6.37. The van der Waals surface area contributed by atoms with E-state index >= 15 is 0 Å². The summed E-state index contributed by atoms with van der Waals surface area (Å²) >= 11 is 2.74. The molecule has 0 aliphatic heterocycles. The summed E-state index contributed by atoms with van der Waals surface area (Å²) in [6, 6.07) is 15.6. The van der Waals surface area contributed by atoms with E-state index in [-0.39, 0.29) is 11.9 Å². The van der Waals surface area contributed by atoms with Crippen LogP contribution in [0.5, 0.6) is 0 Å². The average Bonchev–Trinajstić information content (AvgIpc) is 3.19. The van der Waals surface area contributed by atoms with Crippen LogP contribution in [-0.4, -0.2) is 29.2 Å². The zero-order valence-corrected chi connectivity index (χ0v) is 16.3. The van der Waals surface area contributed by atoms with Gasteiger partial charge in [-0.15, -0.1) is 10.2 Å². The van der Waals surface area contributed by atoms with E-state index in [4.69, 9.17) is 5.26 Å². The molecular formula is C19H14N4O3S2. The first-order valence-corrected chi connectivity index (χ1v) is 9.84. The van der Waals surface area contributed by atoms with Gasteiger partial charge in [0, 0.05) is 11.3 Å². The Morgan fingerprint density at radius 1 is 1.18 bits per heavy atom. The molecule has 0 aliphatic carbocycles. The quantitative estimate of drug-likeness (QED) is 0.375. The highest BCUT2D eigenvalue weighted by molar-refractivity contribution is 8.00. The van der Waals surface area contributed by atoms with Gasteiger partial charge in [0.25, 0.3) is 5.91 Å². The maximum atomic E-state index is 12.3. The molecule has 1 aromatic heterocycles. The zero-order chi connectivity index (χ0) is 19.9. The van der Waals surface area contributed by atoms with Crippen molar-refractivity contribution in [3.05, 3.63) is 70.8 Å². The third-order valence-electron chi connectivity index (χ3n) is 3.62. The van der Waals surface area contributed by atoms with Crippen molar-refractivity contribution in [2.75, 3.05) is 12.4 Å². The van der Waals surface area contributed by atoms with Crippen LogP contribution in [0, 0.1) is 11.3 Å². The van der Waals surface area contributed by atoms with Gasteiger partial charge in [0.1, 0.15) is 0 Å². The van der Waals surface area contributed by atoms with Gasteiger partial charge < -0.3 is 4.74 Å². The number of amides is 1. The first kappa shape index (κ1) is 19.5. The lowest BCUT2D eigenvalue weighted by molar-refractivity contribution is 0.0600. The van der Waals surface area contributed by atoms with Crippen LogP contribution >= 0.6 is 23.1 Å². The lowest BCUT2D eigenvalue weighted by atomic mass is 10.1. The Morgan fingerprint density at radius 2 is 1.96 bits per heavy atom. The molecule has 1 N–H and O–H groups in total. The molecule has 0 saturated heterocycles. The molecule has 0 spiro atoms. The Bertz CT molecular complexity index is 1040. The highest BCUT2D eigenvalue weighted by atomic mass is 32.2. The smallest absolute Gasteiger partial charge is 0.337 e. The summed E-state index contributed by atoms with van der Waals surface area (Å²) in [5, 5.41) is 20.0. The number of methoxy groups -OCH3 is 1. The number of nitrogens with zero attached hydrogens (tertiary/aromatic N) is 3. The van der Waals surface area contributed by atoms with E-state index < -0.39 is 0 Å². The minimum atomic E-state index is -0.371. The molecule has 3 aromatic rings. The predicted octanol–water partition coefficient (Wildman–Crippen LogP) is 3.74. The van der Waals surface area contributed by atoms with Crippen molar-refractivity contribution in [2.45, 2.75) is 10.1 Å². The molecule has 0 bridgehead atoms. The lowest BCUT2D eigenvalue weighted by Gasteiger charge is -2.02. The second kappa shape index (κ2) is 9.12. The summed E-state index contributed by atoms with van der Waals surface area (Å²) in [5.41, 5.74) is 2.32. The van der Waals surface area contributed by atoms with Gasteiger partial charge in [-0.25, -0.2) is 4.79 Å². The fourth-order valence-electron chi connectivity index (χ4n) is 2.22. The Balaban J connectivity index is 1.57. The van der Waals surface area contributed by atoms with Crippen LogP contribution in [0.3, 0.4) is 0 Å². The summed E-state index contributed by atoms with van der Waals surface area (Å²) in [6.45, 7) is 0. The number of thioether (sulfide) groups is 1. The van der Waals surface area contributed by atoms with Crippen molar-refractivity contribution in [2.24, 2.45) is 0 Å². The summed E-state index contributed by atoms with van der Waals surface area (Å²) in [5.74, 6) is -0.0685. The fraction of sp³-hybridized carbons (Fsp3) is 0.105. The Labute approximate surface area is 169 Å². The van der Waals surface area contributed by atoms with E-state index in [1.807, 2.05) is 18.2 Å². The SMILES string of the molecule is COC(=O)c1ccc(CSc2nnc(NC(=O)c3cccc(C#N)c3)s2)cc1. The minimum Gasteiger partial charge on any atom is -0.465 e. The van der Waals surface area contributed by atoms with E-state index in [9.17, 15) is 9.59 Å². The lowest BCUT2D eigenvalue weighted by Crippen LogP contribution is -2.11. The highest BCUT2D eigenvalue weighted by Crippen LogP contribution is 2.28. The van der Waals surface area contributed by atoms with E-state index in [2.05, 4.69) is 20.3 Å². The fourth-order valence-corrected chi connectivity index (χ4v) is 3.92. The van der Waals surface area contributed by atoms with Crippen molar-refractivity contribution in [1.29, 1.82) is 5.26 Å². The standard InChI is InChI=1S/C19H14N4O3S2/c1-26-17(25)14-7-5-12(6-8-14)11-27-19-23-22-18(28-19)21-16(24)15-4-2-3-13(9-15)10-20/h2-9H,11H2,1H3,(H,21,22,24). The summed E-state index contributed by atoms with van der Waals surface area (Å²) in [4.78, 5) is 23.7. The molecule has 3 rings (SSSR count). The molecule has 0 unspecified atom stereocenters. The maximum absolute atomic E-state index is 12.3. The van der Waals surface area contributed by atoms with Gasteiger partial charge in [-0.3, -0.25) is 10.1 Å². The molecule has 0 fully saturated rings. The van der Waals surface area contributed by atoms with Crippen molar-refractivity contribution < 1.29 is 14.3 Å². The van der Waals surface area contributed by atoms with Crippen LogP contribution in [0.1, 0.15) is 31.8 Å². The van der Waals surface area contributed by atoms with Gasteiger partial charge in [-0.2, -0.15) is 5.26 Å². The Hall–Kier alpha value is -3.22. The number of carbonyl (C=O) groups excluding carboxylic acids is 2. The summed E-state index contributed by atoms with van der Waals surface area (Å²) < 4.78 is 5.38. The van der Waals surface area contributed by atoms with E-state index in [1.165, 1.54) is 36.3 Å². The van der Waals surface area contributed by atoms with Crippen LogP contribution in [0.4, 0.5) is 5.13 Å². The third-order valence-corrected chi connectivity index (χ3v) is 5.66. The van der Waals surface area contributed by atoms with Crippen molar-refractivity contribution >= 4 is 40.1 Å². The predicted molar refractivity (Wildman–Crippen MR) is 106 cm³/mol. The molecule has 0 aliphatic rings. The molecule has 140 valence electrons. The zero-order valence-electron chi connectivity index (χ0n) is 14.7. The number of anilines is 1. The number of rotatable bonds is 6. The summed E-state index contributed by atoms with van der Waals surface area (Å²) in [7, 11) is 1.35. The molecule has 0 atom stereocenters. The van der Waals surface area contributed by atoms with Crippen LogP contribution < -0.4 is 5.32 Å². The van der Waals surface area contributed by atoms with E-state index in [0.29, 0.717) is 31.9 Å². The van der Waals surface area contributed by atoms with Crippen LogP contribution in [0.15, 0.2) is 52.9 Å². The number of nitriles is 1. The molecule has 1 amide bonds. The number of aromatic nitrogens is 2. The average molecular weight is 410 g/mol. The van der Waals surface area contributed by atoms with Gasteiger partial charge in [0.15, 0.2) is 4.34 Å². The summed E-state index contributed by atoms with van der Waals surface area (Å²) in [6.07, 6.45) is 0. The molecule has 0 saturated carbocycles. The monoisotopic (exact) mass is 410 g/mol. The van der Waals surface area contributed by atoms with Crippen molar-refractivity contribution in [1.82, 2.24) is 10.2 Å². The van der Waals surface area contributed by atoms with Gasteiger partial charge in [0.05, 0.1) is 24.3 Å². The number of benzene rings is 2. The third kappa shape index (κ3) is 4.94. The van der Waals surface area contributed by atoms with E-state index in [1.54, 1.807) is 30.3 Å². The molecule has 2 aromatic carbocycles. The molecule has 9 heteroatoms. The molecule has 0 radical (unpaired) electrons.